The number of halogens is 3. The predicted octanol–water partition coefficient (Wildman–Crippen LogP) is 6.15. The van der Waals surface area contributed by atoms with Gasteiger partial charge in [-0.25, -0.2) is 13.2 Å². The van der Waals surface area contributed by atoms with Gasteiger partial charge in [-0.15, -0.1) is 0 Å². The first-order valence-electron chi connectivity index (χ1n) is 8.97. The molecule has 1 saturated carbocycles. The van der Waals surface area contributed by atoms with E-state index in [0.717, 1.165) is 36.7 Å². The summed E-state index contributed by atoms with van der Waals surface area (Å²) in [6.07, 6.45) is 9.97. The van der Waals surface area contributed by atoms with E-state index in [1.807, 2.05) is 18.2 Å². The molecule has 3 rings (SSSR count). The average molecular weight is 347 g/mol. The molecule has 1 aromatic rings. The predicted molar refractivity (Wildman–Crippen MR) is 97.5 cm³/mol. The molecule has 134 valence electrons. The highest BCUT2D eigenvalue weighted by Gasteiger charge is 2.25. The van der Waals surface area contributed by atoms with E-state index in [4.69, 9.17) is 0 Å². The molecule has 1 N–H and O–H groups in total. The molecule has 4 heteroatoms. The van der Waals surface area contributed by atoms with Crippen LogP contribution in [0.1, 0.15) is 36.8 Å². The molecule has 1 heterocycles. The summed E-state index contributed by atoms with van der Waals surface area (Å²) in [7, 11) is 0. The van der Waals surface area contributed by atoms with Gasteiger partial charge in [-0.2, -0.15) is 0 Å². The van der Waals surface area contributed by atoms with Crippen LogP contribution >= 0.6 is 0 Å². The molecule has 0 aromatic heterocycles. The lowest BCUT2D eigenvalue weighted by Crippen LogP contribution is -2.27. The second-order valence-corrected chi connectivity index (χ2v) is 6.99. The molecule has 1 aliphatic carbocycles. The van der Waals surface area contributed by atoms with E-state index in [2.05, 4.69) is 5.32 Å². The molecule has 1 aliphatic heterocycles. The number of rotatable bonds is 6. The fourth-order valence-electron chi connectivity index (χ4n) is 3.68. The molecule has 0 bridgehead atoms. The fourth-order valence-corrected chi connectivity index (χ4v) is 3.68. The number of alkyl halides is 1. The minimum Gasteiger partial charge on any atom is -0.385 e. The second-order valence-electron chi connectivity index (χ2n) is 6.99. The lowest BCUT2D eigenvalue weighted by molar-refractivity contribution is 0.251. The maximum atomic E-state index is 13.6. The highest BCUT2D eigenvalue weighted by molar-refractivity contribution is 5.78. The number of benzene rings is 1. The summed E-state index contributed by atoms with van der Waals surface area (Å²) in [5.41, 5.74) is 3.36. The zero-order chi connectivity index (χ0) is 17.6. The van der Waals surface area contributed by atoms with Gasteiger partial charge in [-0.05, 0) is 65.7 Å². The number of hydrogen-bond acceptors (Lipinski definition) is 1. The van der Waals surface area contributed by atoms with E-state index in [9.17, 15) is 13.2 Å². The van der Waals surface area contributed by atoms with Gasteiger partial charge in [-0.3, -0.25) is 0 Å². The highest BCUT2D eigenvalue weighted by atomic mass is 19.1. The van der Waals surface area contributed by atoms with Crippen LogP contribution in [-0.4, -0.2) is 13.2 Å². The monoisotopic (exact) mass is 347 g/mol. The minimum atomic E-state index is -0.886. The van der Waals surface area contributed by atoms with Gasteiger partial charge in [0.15, 0.2) is 0 Å². The third-order valence-electron chi connectivity index (χ3n) is 5.23. The summed E-state index contributed by atoms with van der Waals surface area (Å²) in [5, 5.41) is 3.47. The van der Waals surface area contributed by atoms with Crippen molar-refractivity contribution >= 4 is 11.3 Å². The molecule has 1 fully saturated rings. The SMILES string of the molecule is F/C=C/C(=C\C(F)=C/CF)c1ccc2c(c1)NCC(CC1CCC1)C2. The van der Waals surface area contributed by atoms with Crippen LogP contribution in [0.15, 0.2) is 48.6 Å². The first-order chi connectivity index (χ1) is 12.2. The minimum absolute atomic E-state index is 0.371. The van der Waals surface area contributed by atoms with Gasteiger partial charge in [0.25, 0.3) is 0 Å². The summed E-state index contributed by atoms with van der Waals surface area (Å²) in [5.74, 6) is 0.846. The molecular formula is C21H24F3N. The number of hydrogen-bond donors (Lipinski definition) is 1. The topological polar surface area (TPSA) is 12.0 Å². The van der Waals surface area contributed by atoms with Crippen LogP contribution in [0, 0.1) is 11.8 Å². The molecule has 0 spiro atoms. The molecule has 25 heavy (non-hydrogen) atoms. The Bertz CT molecular complexity index is 686. The molecule has 0 radical (unpaired) electrons. The van der Waals surface area contributed by atoms with Crippen molar-refractivity contribution in [2.45, 2.75) is 32.1 Å². The average Bonchev–Trinajstić information content (AvgIpc) is 2.57. The lowest BCUT2D eigenvalue weighted by atomic mass is 9.76. The van der Waals surface area contributed by atoms with Crippen LogP contribution in [0.5, 0.6) is 0 Å². The first-order valence-corrected chi connectivity index (χ1v) is 8.97. The van der Waals surface area contributed by atoms with Crippen molar-refractivity contribution in [1.82, 2.24) is 0 Å². The second kappa shape index (κ2) is 8.41. The number of allylic oxidation sites excluding steroid dienone is 5. The van der Waals surface area contributed by atoms with Crippen LogP contribution in [-0.2, 0) is 6.42 Å². The largest absolute Gasteiger partial charge is 0.385 e. The quantitative estimate of drug-likeness (QED) is 0.609. The third-order valence-corrected chi connectivity index (χ3v) is 5.23. The molecule has 0 saturated heterocycles. The molecule has 1 aromatic carbocycles. The normalized spacial score (nSPS) is 21.8. The first kappa shape index (κ1) is 17.8. The van der Waals surface area contributed by atoms with Gasteiger partial charge in [0, 0.05) is 12.2 Å². The maximum absolute atomic E-state index is 13.6. The standard InChI is InChI=1S/C21H24F3N/c22-8-6-18(12-20(24)7-9-23)17-4-5-19-11-16(10-15-2-1-3-15)14-25-21(19)13-17/h4-8,12-13,15-16,25H,1-3,9-11,14H2/b8-6+,18-12+,20-7+. The van der Waals surface area contributed by atoms with Gasteiger partial charge in [0.1, 0.15) is 12.5 Å². The van der Waals surface area contributed by atoms with E-state index in [1.165, 1.54) is 37.3 Å². The van der Waals surface area contributed by atoms with Gasteiger partial charge in [0.2, 0.25) is 0 Å². The summed E-state index contributed by atoms with van der Waals surface area (Å²) < 4.78 is 38.5. The maximum Gasteiger partial charge on any atom is 0.122 e. The van der Waals surface area contributed by atoms with Crippen molar-refractivity contribution in [1.29, 1.82) is 0 Å². The lowest BCUT2D eigenvalue weighted by Gasteiger charge is -2.33. The van der Waals surface area contributed by atoms with Crippen molar-refractivity contribution in [2.75, 3.05) is 18.5 Å². The summed E-state index contributed by atoms with van der Waals surface area (Å²) in [4.78, 5) is 0. The van der Waals surface area contributed by atoms with Gasteiger partial charge < -0.3 is 5.32 Å². The van der Waals surface area contributed by atoms with E-state index < -0.39 is 12.5 Å². The highest BCUT2D eigenvalue weighted by Crippen LogP contribution is 2.36. The Kier molecular flexibility index (Phi) is 6.00. The van der Waals surface area contributed by atoms with Crippen LogP contribution in [0.3, 0.4) is 0 Å². The number of anilines is 1. The summed E-state index contributed by atoms with van der Waals surface area (Å²) in [6, 6.07) is 5.82. The van der Waals surface area contributed by atoms with Crippen LogP contribution in [0.2, 0.25) is 0 Å². The van der Waals surface area contributed by atoms with E-state index >= 15 is 0 Å². The zero-order valence-corrected chi connectivity index (χ0v) is 14.3. The Morgan fingerprint density at radius 3 is 2.76 bits per heavy atom. The van der Waals surface area contributed by atoms with Crippen molar-refractivity contribution < 1.29 is 13.2 Å². The van der Waals surface area contributed by atoms with Gasteiger partial charge in [0.05, 0.1) is 6.33 Å². The van der Waals surface area contributed by atoms with E-state index in [1.54, 1.807) is 0 Å². The van der Waals surface area contributed by atoms with Crippen LogP contribution < -0.4 is 5.32 Å². The molecular weight excluding hydrogens is 323 g/mol. The Morgan fingerprint density at radius 2 is 2.08 bits per heavy atom. The van der Waals surface area contributed by atoms with Crippen LogP contribution in [0.25, 0.3) is 5.57 Å². The smallest absolute Gasteiger partial charge is 0.122 e. The van der Waals surface area contributed by atoms with Crippen molar-refractivity contribution in [3.8, 4) is 0 Å². The summed E-state index contributed by atoms with van der Waals surface area (Å²) >= 11 is 0. The fraction of sp³-hybridized carbons (Fsp3) is 0.429. The Morgan fingerprint density at radius 1 is 1.24 bits per heavy atom. The molecule has 0 amide bonds. The van der Waals surface area contributed by atoms with Crippen molar-refractivity contribution in [3.63, 3.8) is 0 Å². The summed E-state index contributed by atoms with van der Waals surface area (Å²) in [6.45, 7) is 0.0597. The molecule has 1 unspecified atom stereocenters. The molecule has 2 aliphatic rings. The van der Waals surface area contributed by atoms with Crippen molar-refractivity contribution in [2.24, 2.45) is 11.8 Å². The van der Waals surface area contributed by atoms with E-state index in [0.29, 0.717) is 23.4 Å². The molecule has 1 nitrogen and oxygen atoms in total. The molecule has 1 atom stereocenters. The van der Waals surface area contributed by atoms with Crippen LogP contribution in [0.4, 0.5) is 18.9 Å². The van der Waals surface area contributed by atoms with E-state index in [-0.39, 0.29) is 0 Å². The Labute approximate surface area is 147 Å². The number of nitrogens with one attached hydrogen (secondary N) is 1. The van der Waals surface area contributed by atoms with Gasteiger partial charge >= 0.3 is 0 Å². The van der Waals surface area contributed by atoms with Gasteiger partial charge in [-0.1, -0.05) is 31.4 Å². The zero-order valence-electron chi connectivity index (χ0n) is 14.3. The number of fused-ring (bicyclic) bond motifs is 1. The van der Waals surface area contributed by atoms with Crippen molar-refractivity contribution in [3.05, 3.63) is 59.7 Å². The Balaban J connectivity index is 1.77. The Hall–Kier alpha value is -1.97. The third kappa shape index (κ3) is 4.56.